The molecule has 0 N–H and O–H groups in total. The Bertz CT molecular complexity index is 1540. The third kappa shape index (κ3) is 4.86. The van der Waals surface area contributed by atoms with E-state index in [0.29, 0.717) is 5.56 Å². The van der Waals surface area contributed by atoms with Crippen LogP contribution in [-0.2, 0) is 31.5 Å². The lowest BCUT2D eigenvalue weighted by molar-refractivity contribution is -0.275. The predicted molar refractivity (Wildman–Crippen MR) is 128 cm³/mol. The Balaban J connectivity index is 1.36. The molecule has 1 fully saturated rings. The maximum Gasteiger partial charge on any atom is 0.474 e. The quantitative estimate of drug-likeness (QED) is 0.430. The number of benzene rings is 2. The molecule has 5 rings (SSSR count). The largest absolute Gasteiger partial charge is 0.474 e. The summed E-state index contributed by atoms with van der Waals surface area (Å²) in [6.07, 6.45) is -10.9. The first kappa shape index (κ1) is 27.7. The Labute approximate surface area is 226 Å². The van der Waals surface area contributed by atoms with Crippen molar-refractivity contribution in [3.05, 3.63) is 68.7 Å². The summed E-state index contributed by atoms with van der Waals surface area (Å²) in [7, 11) is -3.45. The number of halogens is 8. The third-order valence-electron chi connectivity index (χ3n) is 6.62. The molecule has 1 atom stereocenters. The van der Waals surface area contributed by atoms with Crippen molar-refractivity contribution in [1.29, 1.82) is 0 Å². The molecule has 1 saturated heterocycles. The first-order chi connectivity index (χ1) is 18.0. The van der Waals surface area contributed by atoms with Crippen molar-refractivity contribution in [3.63, 3.8) is 0 Å². The van der Waals surface area contributed by atoms with Crippen LogP contribution in [0.5, 0.6) is 0 Å². The topological polar surface area (TPSA) is 88.4 Å². The number of nitrogens with zero attached hydrogens (tertiary/aromatic N) is 3. The molecule has 0 aliphatic carbocycles. The van der Waals surface area contributed by atoms with Crippen LogP contribution in [0.4, 0.5) is 26.3 Å². The highest BCUT2D eigenvalue weighted by atomic mass is 35.5. The zero-order valence-corrected chi connectivity index (χ0v) is 21.6. The van der Waals surface area contributed by atoms with Gasteiger partial charge in [-0.25, -0.2) is 4.21 Å². The van der Waals surface area contributed by atoms with E-state index < -0.39 is 63.5 Å². The summed E-state index contributed by atoms with van der Waals surface area (Å²) in [5.74, 6) is -3.75. The molecule has 2 aromatic rings. The zero-order chi connectivity index (χ0) is 28.5. The van der Waals surface area contributed by atoms with Crippen molar-refractivity contribution in [2.24, 2.45) is 9.52 Å². The van der Waals surface area contributed by atoms with E-state index in [1.807, 2.05) is 0 Å². The molecule has 3 aliphatic rings. The van der Waals surface area contributed by atoms with Gasteiger partial charge in [0.2, 0.25) is 0 Å². The fourth-order valence-electron chi connectivity index (χ4n) is 4.67. The second-order valence-electron chi connectivity index (χ2n) is 9.25. The average molecular weight is 614 g/mol. The second kappa shape index (κ2) is 9.10. The number of carbonyl (C=O) groups is 2. The molecule has 0 bridgehead atoms. The SMILES string of the molecule is O=C1c2ccc(C3=NOC(c4cc(Cl)cc(Cl)c4)(C(F)(F)F)C3)cc2CN1C1CS(=O)(=NC(=O)C(F)(F)F)C1. The van der Waals surface area contributed by atoms with Gasteiger partial charge in [0.15, 0.2) is 0 Å². The molecule has 0 spiro atoms. The Morgan fingerprint density at radius 2 is 1.72 bits per heavy atom. The number of alkyl halides is 6. The van der Waals surface area contributed by atoms with Crippen LogP contribution in [0.25, 0.3) is 0 Å². The molecule has 0 aromatic heterocycles. The Hall–Kier alpha value is -2.84. The standard InChI is InChI=1S/C23H15Cl2F6N3O4S/c24-14-4-13(5-15(25)6-14)21(23(29,30)31)7-18(32-38-21)11-1-2-17-12(3-11)8-34(19(17)35)16-9-39(37,10-16)33-20(36)22(26,27)28/h1-6,16H,7-10H2. The van der Waals surface area contributed by atoms with E-state index in [0.717, 1.165) is 12.1 Å². The molecule has 0 radical (unpaired) electrons. The van der Waals surface area contributed by atoms with Crippen molar-refractivity contribution in [2.45, 2.75) is 37.0 Å². The maximum atomic E-state index is 14.3. The summed E-state index contributed by atoms with van der Waals surface area (Å²) in [5.41, 5.74) is -2.32. The van der Waals surface area contributed by atoms with Crippen LogP contribution in [0.15, 0.2) is 45.9 Å². The number of hydrogen-bond donors (Lipinski definition) is 0. The fourth-order valence-corrected chi connectivity index (χ4v) is 7.22. The molecule has 0 saturated carbocycles. The van der Waals surface area contributed by atoms with Gasteiger partial charge < -0.3 is 9.74 Å². The van der Waals surface area contributed by atoms with E-state index in [1.54, 1.807) is 0 Å². The summed E-state index contributed by atoms with van der Waals surface area (Å²) in [6.45, 7) is -0.0299. The molecular weight excluding hydrogens is 599 g/mol. The Morgan fingerprint density at radius 1 is 1.08 bits per heavy atom. The van der Waals surface area contributed by atoms with Gasteiger partial charge in [-0.1, -0.05) is 34.4 Å². The lowest BCUT2D eigenvalue weighted by Gasteiger charge is -2.36. The van der Waals surface area contributed by atoms with Crippen LogP contribution < -0.4 is 0 Å². The highest BCUT2D eigenvalue weighted by Gasteiger charge is 2.62. The highest BCUT2D eigenvalue weighted by Crippen LogP contribution is 2.50. The van der Waals surface area contributed by atoms with E-state index in [9.17, 15) is 40.1 Å². The third-order valence-corrected chi connectivity index (χ3v) is 9.37. The van der Waals surface area contributed by atoms with Gasteiger partial charge >= 0.3 is 18.3 Å². The molecule has 2 amide bonds. The lowest BCUT2D eigenvalue weighted by Crippen LogP contribution is -2.53. The number of rotatable bonds is 3. The summed E-state index contributed by atoms with van der Waals surface area (Å²) in [6, 6.07) is 7.00. The fraction of sp³-hybridized carbons (Fsp3) is 0.348. The van der Waals surface area contributed by atoms with Crippen LogP contribution >= 0.6 is 23.2 Å². The number of carbonyl (C=O) groups excluding carboxylic acids is 2. The first-order valence-electron chi connectivity index (χ1n) is 11.1. The minimum Gasteiger partial charge on any atom is -0.374 e. The number of fused-ring (bicyclic) bond motifs is 1. The number of amides is 2. The number of oxime groups is 1. The molecule has 16 heteroatoms. The Morgan fingerprint density at radius 3 is 2.31 bits per heavy atom. The van der Waals surface area contributed by atoms with E-state index in [-0.39, 0.29) is 39.0 Å². The first-order valence-corrected chi connectivity index (χ1v) is 13.7. The van der Waals surface area contributed by atoms with Gasteiger partial charge in [0.25, 0.3) is 11.5 Å². The van der Waals surface area contributed by atoms with Crippen LogP contribution in [0.3, 0.4) is 0 Å². The van der Waals surface area contributed by atoms with Gasteiger partial charge in [0.05, 0.1) is 33.0 Å². The van der Waals surface area contributed by atoms with Gasteiger partial charge in [-0.15, -0.1) is 0 Å². The monoisotopic (exact) mass is 613 g/mol. The average Bonchev–Trinajstić information content (AvgIpc) is 3.38. The molecule has 39 heavy (non-hydrogen) atoms. The van der Waals surface area contributed by atoms with E-state index >= 15 is 0 Å². The minimum atomic E-state index is -5.25. The van der Waals surface area contributed by atoms with Crippen LogP contribution in [0.2, 0.25) is 10.0 Å². The zero-order valence-electron chi connectivity index (χ0n) is 19.3. The highest BCUT2D eigenvalue weighted by molar-refractivity contribution is 7.95. The van der Waals surface area contributed by atoms with Crippen LogP contribution in [0.1, 0.15) is 33.5 Å². The second-order valence-corrected chi connectivity index (χ2v) is 12.5. The molecule has 3 aliphatic heterocycles. The number of hydrogen-bond acceptors (Lipinski definition) is 5. The molecular formula is C23H15Cl2F6N3O4S. The molecule has 7 nitrogen and oxygen atoms in total. The normalized spacial score (nSPS) is 26.6. The van der Waals surface area contributed by atoms with E-state index in [4.69, 9.17) is 28.0 Å². The van der Waals surface area contributed by atoms with Gasteiger partial charge in [-0.3, -0.25) is 9.59 Å². The van der Waals surface area contributed by atoms with Gasteiger partial charge in [0.1, 0.15) is 0 Å². The Kier molecular flexibility index (Phi) is 6.46. The molecule has 2 aromatic carbocycles. The van der Waals surface area contributed by atoms with Crippen molar-refractivity contribution in [3.8, 4) is 0 Å². The summed E-state index contributed by atoms with van der Waals surface area (Å²) in [5, 5.41) is 3.65. The maximum absolute atomic E-state index is 14.3. The van der Waals surface area contributed by atoms with Crippen molar-refractivity contribution in [2.75, 3.05) is 11.5 Å². The summed E-state index contributed by atoms with van der Waals surface area (Å²) >= 11 is 11.8. The van der Waals surface area contributed by atoms with Crippen molar-refractivity contribution < 1.29 is 45.0 Å². The molecule has 3 heterocycles. The molecule has 1 unspecified atom stereocenters. The van der Waals surface area contributed by atoms with Gasteiger partial charge in [-0.2, -0.15) is 30.7 Å². The van der Waals surface area contributed by atoms with Gasteiger partial charge in [0, 0.05) is 34.1 Å². The van der Waals surface area contributed by atoms with Crippen LogP contribution in [-0.4, -0.2) is 56.5 Å². The van der Waals surface area contributed by atoms with Gasteiger partial charge in [-0.05, 0) is 41.5 Å². The summed E-state index contributed by atoms with van der Waals surface area (Å²) in [4.78, 5) is 30.2. The lowest BCUT2D eigenvalue weighted by atomic mass is 9.86. The van der Waals surface area contributed by atoms with Crippen molar-refractivity contribution in [1.82, 2.24) is 4.90 Å². The van der Waals surface area contributed by atoms with E-state index in [1.165, 1.54) is 29.2 Å². The predicted octanol–water partition coefficient (Wildman–Crippen LogP) is 5.47. The minimum absolute atomic E-state index is 0.0233. The summed E-state index contributed by atoms with van der Waals surface area (Å²) < 4.78 is 95.4. The van der Waals surface area contributed by atoms with Crippen molar-refractivity contribution >= 4 is 50.5 Å². The molecule has 208 valence electrons. The smallest absolute Gasteiger partial charge is 0.374 e. The van der Waals surface area contributed by atoms with Crippen LogP contribution in [0, 0.1) is 0 Å². The van der Waals surface area contributed by atoms with E-state index in [2.05, 4.69) is 9.52 Å².